The maximum atomic E-state index is 11.6. The molecule has 0 spiro atoms. The Morgan fingerprint density at radius 2 is 1.68 bits per heavy atom. The van der Waals surface area contributed by atoms with Gasteiger partial charge in [-0.25, -0.2) is 13.4 Å². The van der Waals surface area contributed by atoms with Crippen LogP contribution in [0.1, 0.15) is 16.7 Å². The monoisotopic (exact) mass is 411 g/mol. The van der Waals surface area contributed by atoms with Crippen LogP contribution in [-0.4, -0.2) is 24.8 Å². The lowest BCUT2D eigenvalue weighted by molar-refractivity contribution is 0.602. The molecule has 1 aromatic heterocycles. The second-order valence-electron chi connectivity index (χ2n) is 6.49. The first-order valence-corrected chi connectivity index (χ1v) is 11.0. The number of nitrogens with two attached hydrogens (primary N) is 1. The highest BCUT2D eigenvalue weighted by molar-refractivity contribution is 7.90. The molecular formula is C21H21N3O2S2. The van der Waals surface area contributed by atoms with E-state index in [2.05, 4.69) is 4.98 Å². The number of hydrogen-bond donors (Lipinski definition) is 1. The van der Waals surface area contributed by atoms with Crippen molar-refractivity contribution in [2.75, 3.05) is 11.2 Å². The van der Waals surface area contributed by atoms with Crippen molar-refractivity contribution in [1.29, 1.82) is 0 Å². The fourth-order valence-electron chi connectivity index (χ4n) is 2.91. The summed E-state index contributed by atoms with van der Waals surface area (Å²) in [5, 5.41) is 0.247. The zero-order valence-corrected chi connectivity index (χ0v) is 17.1. The summed E-state index contributed by atoms with van der Waals surface area (Å²) in [4.78, 5) is 6.62. The topological polar surface area (TPSA) is 76.3 Å². The Balaban J connectivity index is 1.90. The molecule has 3 rings (SSSR count). The second kappa shape index (κ2) is 8.50. The van der Waals surface area contributed by atoms with Crippen LogP contribution >= 0.6 is 12.2 Å². The number of aromatic nitrogens is 1. The predicted molar refractivity (Wildman–Crippen MR) is 116 cm³/mol. The molecule has 0 atom stereocenters. The summed E-state index contributed by atoms with van der Waals surface area (Å²) in [5.74, 6) is 0.700. The summed E-state index contributed by atoms with van der Waals surface area (Å²) >= 11 is 5.28. The van der Waals surface area contributed by atoms with Gasteiger partial charge in [0.25, 0.3) is 0 Å². The van der Waals surface area contributed by atoms with Crippen molar-refractivity contribution in [3.05, 3.63) is 89.6 Å². The van der Waals surface area contributed by atoms with Crippen molar-refractivity contribution in [3.63, 3.8) is 0 Å². The Bertz CT molecular complexity index is 1070. The summed E-state index contributed by atoms with van der Waals surface area (Å²) in [6.07, 6.45) is 3.49. The van der Waals surface area contributed by atoms with Gasteiger partial charge in [-0.1, -0.05) is 48.5 Å². The van der Waals surface area contributed by atoms with E-state index in [0.717, 1.165) is 16.7 Å². The van der Waals surface area contributed by atoms with E-state index in [1.165, 1.54) is 6.26 Å². The Hall–Kier alpha value is -2.77. The molecule has 0 aliphatic rings. The van der Waals surface area contributed by atoms with Crippen molar-refractivity contribution in [2.24, 2.45) is 5.73 Å². The van der Waals surface area contributed by atoms with Crippen LogP contribution in [0.4, 0.5) is 5.82 Å². The third-order valence-electron chi connectivity index (χ3n) is 4.32. The van der Waals surface area contributed by atoms with Crippen molar-refractivity contribution in [3.8, 4) is 0 Å². The highest BCUT2D eigenvalue weighted by atomic mass is 32.2. The fraction of sp³-hybridized carbons (Fsp3) is 0.143. The minimum atomic E-state index is -3.21. The SMILES string of the molecule is CS(=O)(=O)c1ccc(Cc2cccnc2N(Cc2ccccc2)C(N)=S)cc1. The first kappa shape index (κ1) is 20.0. The van der Waals surface area contributed by atoms with Gasteiger partial charge >= 0.3 is 0 Å². The number of benzene rings is 2. The van der Waals surface area contributed by atoms with Crippen LogP contribution < -0.4 is 10.6 Å². The van der Waals surface area contributed by atoms with Crippen LogP contribution in [0, 0.1) is 0 Å². The maximum absolute atomic E-state index is 11.6. The summed E-state index contributed by atoms with van der Waals surface area (Å²) in [6, 6.07) is 20.6. The average molecular weight is 412 g/mol. The van der Waals surface area contributed by atoms with Crippen LogP contribution in [0.5, 0.6) is 0 Å². The van der Waals surface area contributed by atoms with Crippen LogP contribution in [-0.2, 0) is 22.8 Å². The first-order valence-electron chi connectivity index (χ1n) is 8.68. The number of sulfone groups is 1. The van der Waals surface area contributed by atoms with E-state index in [0.29, 0.717) is 23.7 Å². The highest BCUT2D eigenvalue weighted by Gasteiger charge is 2.16. The molecule has 1 heterocycles. The maximum Gasteiger partial charge on any atom is 0.175 e. The van der Waals surface area contributed by atoms with Gasteiger partial charge in [-0.2, -0.15) is 0 Å². The van der Waals surface area contributed by atoms with Gasteiger partial charge in [0.1, 0.15) is 5.82 Å². The molecule has 28 heavy (non-hydrogen) atoms. The third-order valence-corrected chi connectivity index (χ3v) is 5.67. The van der Waals surface area contributed by atoms with Gasteiger partial charge in [-0.15, -0.1) is 0 Å². The minimum absolute atomic E-state index is 0.247. The van der Waals surface area contributed by atoms with E-state index in [9.17, 15) is 8.42 Å². The normalized spacial score (nSPS) is 11.2. The van der Waals surface area contributed by atoms with E-state index in [1.54, 1.807) is 18.3 Å². The van der Waals surface area contributed by atoms with Crippen LogP contribution in [0.2, 0.25) is 0 Å². The molecule has 0 amide bonds. The van der Waals surface area contributed by atoms with Gasteiger partial charge in [-0.05, 0) is 47.1 Å². The molecule has 0 unspecified atom stereocenters. The quantitative estimate of drug-likeness (QED) is 0.627. The third kappa shape index (κ3) is 4.94. The number of nitrogens with zero attached hydrogens (tertiary/aromatic N) is 2. The number of hydrogen-bond acceptors (Lipinski definition) is 4. The molecule has 5 nitrogen and oxygen atoms in total. The molecule has 144 valence electrons. The van der Waals surface area contributed by atoms with Gasteiger partial charge in [0.05, 0.1) is 11.4 Å². The van der Waals surface area contributed by atoms with Gasteiger partial charge in [0, 0.05) is 18.9 Å². The van der Waals surface area contributed by atoms with Crippen molar-refractivity contribution in [2.45, 2.75) is 17.9 Å². The van der Waals surface area contributed by atoms with Gasteiger partial charge in [0.2, 0.25) is 0 Å². The predicted octanol–water partition coefficient (Wildman–Crippen LogP) is 3.33. The summed E-state index contributed by atoms with van der Waals surface area (Å²) in [7, 11) is -3.21. The van der Waals surface area contributed by atoms with Gasteiger partial charge in [-0.3, -0.25) is 4.90 Å². The molecule has 2 aromatic carbocycles. The van der Waals surface area contributed by atoms with Crippen molar-refractivity contribution >= 4 is 33.0 Å². The molecule has 0 radical (unpaired) electrons. The lowest BCUT2D eigenvalue weighted by Crippen LogP contribution is -2.36. The molecule has 2 N–H and O–H groups in total. The molecule has 0 fully saturated rings. The number of anilines is 1. The molecule has 0 saturated heterocycles. The highest BCUT2D eigenvalue weighted by Crippen LogP contribution is 2.23. The Morgan fingerprint density at radius 3 is 2.29 bits per heavy atom. The molecule has 0 saturated carbocycles. The van der Waals surface area contributed by atoms with Crippen molar-refractivity contribution < 1.29 is 8.42 Å². The molecule has 0 aliphatic carbocycles. The van der Waals surface area contributed by atoms with Crippen molar-refractivity contribution in [1.82, 2.24) is 4.98 Å². The van der Waals surface area contributed by atoms with Gasteiger partial charge < -0.3 is 5.73 Å². The van der Waals surface area contributed by atoms with Crippen LogP contribution in [0.3, 0.4) is 0 Å². The van der Waals surface area contributed by atoms with E-state index in [1.807, 2.05) is 59.5 Å². The number of thiocarbonyl (C=S) groups is 1. The smallest absolute Gasteiger partial charge is 0.175 e. The zero-order chi connectivity index (χ0) is 20.1. The van der Waals surface area contributed by atoms with E-state index >= 15 is 0 Å². The summed E-state index contributed by atoms with van der Waals surface area (Å²) in [5.41, 5.74) is 9.00. The largest absolute Gasteiger partial charge is 0.376 e. The summed E-state index contributed by atoms with van der Waals surface area (Å²) in [6.45, 7) is 0.521. The van der Waals surface area contributed by atoms with E-state index in [4.69, 9.17) is 18.0 Å². The first-order chi connectivity index (χ1) is 13.3. The molecule has 7 heteroatoms. The lowest BCUT2D eigenvalue weighted by Gasteiger charge is -2.24. The molecule has 0 bridgehead atoms. The number of rotatable bonds is 6. The fourth-order valence-corrected chi connectivity index (χ4v) is 3.69. The Morgan fingerprint density at radius 1 is 1.00 bits per heavy atom. The Kier molecular flexibility index (Phi) is 6.06. The molecule has 0 aliphatic heterocycles. The average Bonchev–Trinajstić information content (AvgIpc) is 2.67. The lowest BCUT2D eigenvalue weighted by atomic mass is 10.1. The Labute approximate surface area is 170 Å². The van der Waals surface area contributed by atoms with Crippen LogP contribution in [0.15, 0.2) is 77.8 Å². The van der Waals surface area contributed by atoms with Gasteiger partial charge in [0.15, 0.2) is 14.9 Å². The molecular weight excluding hydrogens is 390 g/mol. The van der Waals surface area contributed by atoms with E-state index in [-0.39, 0.29) is 5.11 Å². The summed E-state index contributed by atoms with van der Waals surface area (Å²) < 4.78 is 23.3. The minimum Gasteiger partial charge on any atom is -0.376 e. The second-order valence-corrected chi connectivity index (χ2v) is 8.92. The van der Waals surface area contributed by atoms with Crippen LogP contribution in [0.25, 0.3) is 0 Å². The standard InChI is InChI=1S/C21H21N3O2S2/c1-28(25,26)19-11-9-16(10-12-19)14-18-8-5-13-23-20(18)24(21(22)27)15-17-6-3-2-4-7-17/h2-13H,14-15H2,1H3,(H2,22,27). The van der Waals surface area contributed by atoms with E-state index < -0.39 is 9.84 Å². The number of pyridine rings is 1. The molecule has 3 aromatic rings. The zero-order valence-electron chi connectivity index (χ0n) is 15.4.